The molecule has 154 valence electrons. The van der Waals surface area contributed by atoms with E-state index in [0.29, 0.717) is 11.3 Å². The number of H-pyrrole nitrogens is 1. The number of pyridine rings is 2. The Kier molecular flexibility index (Phi) is 4.89. The number of hydrogen-bond donors (Lipinski definition) is 1. The van der Waals surface area contributed by atoms with Crippen molar-refractivity contribution in [1.82, 2.24) is 15.0 Å². The fourth-order valence-corrected chi connectivity index (χ4v) is 3.95. The van der Waals surface area contributed by atoms with Gasteiger partial charge in [0.2, 0.25) is 0 Å². The quantitative estimate of drug-likeness (QED) is 0.397. The molecule has 5 nitrogen and oxygen atoms in total. The molecule has 5 rings (SSSR count). The van der Waals surface area contributed by atoms with Crippen LogP contribution in [0.25, 0.3) is 44.5 Å². The van der Waals surface area contributed by atoms with Crippen LogP contribution in [0.3, 0.4) is 0 Å². The Morgan fingerprint density at radius 3 is 2.44 bits per heavy atom. The number of anilines is 1. The number of fused-ring (bicyclic) bond motifs is 1. The molecule has 5 aromatic rings. The zero-order valence-electron chi connectivity index (χ0n) is 17.9. The van der Waals surface area contributed by atoms with Gasteiger partial charge in [0.25, 0.3) is 0 Å². The number of nitriles is 1. The Balaban J connectivity index is 1.80. The number of aromatic amines is 1. The topological polar surface area (TPSA) is 68.6 Å². The first-order valence-corrected chi connectivity index (χ1v) is 10.4. The molecule has 0 bridgehead atoms. The molecule has 0 saturated heterocycles. The maximum atomic E-state index is 10.2. The molecular weight excluding hydrogens is 394 g/mol. The van der Waals surface area contributed by atoms with Crippen LogP contribution in [0.1, 0.15) is 5.56 Å². The van der Waals surface area contributed by atoms with Crippen LogP contribution in [0.2, 0.25) is 0 Å². The van der Waals surface area contributed by atoms with Gasteiger partial charge < -0.3 is 9.88 Å². The lowest BCUT2D eigenvalue weighted by atomic mass is 9.94. The molecule has 32 heavy (non-hydrogen) atoms. The van der Waals surface area contributed by atoms with Gasteiger partial charge in [0.05, 0.1) is 17.0 Å². The van der Waals surface area contributed by atoms with Crippen LogP contribution in [0.4, 0.5) is 5.69 Å². The molecule has 3 aromatic heterocycles. The lowest BCUT2D eigenvalue weighted by Gasteiger charge is -2.15. The van der Waals surface area contributed by atoms with Crippen LogP contribution < -0.4 is 4.90 Å². The first-order chi connectivity index (χ1) is 15.7. The Labute approximate surface area is 186 Å². The second-order valence-corrected chi connectivity index (χ2v) is 7.82. The van der Waals surface area contributed by atoms with Gasteiger partial charge in [-0.25, -0.2) is 4.98 Å². The molecule has 2 aromatic carbocycles. The molecule has 5 heteroatoms. The van der Waals surface area contributed by atoms with Crippen LogP contribution in [-0.2, 0) is 0 Å². The Hall–Kier alpha value is -4.43. The van der Waals surface area contributed by atoms with Crippen LogP contribution >= 0.6 is 0 Å². The van der Waals surface area contributed by atoms with E-state index in [1.807, 2.05) is 62.8 Å². The van der Waals surface area contributed by atoms with Crippen molar-refractivity contribution in [2.45, 2.75) is 0 Å². The highest BCUT2D eigenvalue weighted by Gasteiger charge is 2.19. The van der Waals surface area contributed by atoms with E-state index >= 15 is 0 Å². The van der Waals surface area contributed by atoms with Crippen molar-refractivity contribution >= 4 is 16.6 Å². The molecule has 0 spiro atoms. The van der Waals surface area contributed by atoms with Crippen LogP contribution in [0, 0.1) is 11.3 Å². The minimum Gasteiger partial charge on any atom is -0.378 e. The lowest BCUT2D eigenvalue weighted by molar-refractivity contribution is 1.13. The summed E-state index contributed by atoms with van der Waals surface area (Å²) in [5.74, 6) is 0. The van der Waals surface area contributed by atoms with E-state index < -0.39 is 0 Å². The number of aromatic nitrogens is 3. The van der Waals surface area contributed by atoms with E-state index in [0.717, 1.165) is 44.5 Å². The summed E-state index contributed by atoms with van der Waals surface area (Å²) in [5.41, 5.74) is 7.76. The number of nitrogens with zero attached hydrogens (tertiary/aromatic N) is 4. The highest BCUT2D eigenvalue weighted by Crippen LogP contribution is 2.37. The standard InChI is InChI=1S/C27H21N5/c1-32(2)20-11-9-18(10-12-20)22-14-26(19-6-5-13-29-16-19)31-27(23(22)15-28)24-17-30-25-8-4-3-7-21(24)25/h3-14,16-17,30H,1-2H3. The summed E-state index contributed by atoms with van der Waals surface area (Å²) >= 11 is 0. The van der Waals surface area contributed by atoms with Crippen molar-refractivity contribution in [1.29, 1.82) is 5.26 Å². The molecule has 0 saturated carbocycles. The summed E-state index contributed by atoms with van der Waals surface area (Å²) < 4.78 is 0. The van der Waals surface area contributed by atoms with E-state index in [2.05, 4.69) is 45.2 Å². The normalized spacial score (nSPS) is 10.8. The van der Waals surface area contributed by atoms with Gasteiger partial charge in [-0.05, 0) is 42.0 Å². The van der Waals surface area contributed by atoms with Crippen molar-refractivity contribution in [3.63, 3.8) is 0 Å². The Bertz CT molecular complexity index is 1440. The van der Waals surface area contributed by atoms with E-state index in [4.69, 9.17) is 4.98 Å². The minimum atomic E-state index is 0.556. The van der Waals surface area contributed by atoms with Crippen molar-refractivity contribution in [2.75, 3.05) is 19.0 Å². The maximum absolute atomic E-state index is 10.2. The molecule has 0 amide bonds. The molecule has 0 unspecified atom stereocenters. The smallest absolute Gasteiger partial charge is 0.102 e. The van der Waals surface area contributed by atoms with E-state index in [1.165, 1.54) is 0 Å². The average molecular weight is 416 g/mol. The van der Waals surface area contributed by atoms with Gasteiger partial charge in [0.1, 0.15) is 6.07 Å². The first kappa shape index (κ1) is 19.5. The third-order valence-electron chi connectivity index (χ3n) is 5.63. The highest BCUT2D eigenvalue weighted by atomic mass is 15.1. The van der Waals surface area contributed by atoms with Crippen LogP contribution in [-0.4, -0.2) is 29.0 Å². The first-order valence-electron chi connectivity index (χ1n) is 10.4. The third kappa shape index (κ3) is 3.38. The number of benzene rings is 2. The van der Waals surface area contributed by atoms with E-state index in [-0.39, 0.29) is 0 Å². The van der Waals surface area contributed by atoms with Gasteiger partial charge in [0.15, 0.2) is 0 Å². The summed E-state index contributed by atoms with van der Waals surface area (Å²) in [6.45, 7) is 0. The molecule has 0 atom stereocenters. The molecule has 0 fully saturated rings. The second-order valence-electron chi connectivity index (χ2n) is 7.82. The van der Waals surface area contributed by atoms with Crippen molar-refractivity contribution < 1.29 is 0 Å². The van der Waals surface area contributed by atoms with Gasteiger partial charge in [-0.1, -0.05) is 30.3 Å². The average Bonchev–Trinajstić information content (AvgIpc) is 3.28. The summed E-state index contributed by atoms with van der Waals surface area (Å²) in [7, 11) is 4.02. The summed E-state index contributed by atoms with van der Waals surface area (Å²) in [6, 6.07) is 24.6. The number of nitrogens with one attached hydrogen (secondary N) is 1. The van der Waals surface area contributed by atoms with Crippen LogP contribution in [0.15, 0.2) is 85.3 Å². The molecule has 0 radical (unpaired) electrons. The van der Waals surface area contributed by atoms with Gasteiger partial charge in [-0.15, -0.1) is 0 Å². The highest BCUT2D eigenvalue weighted by molar-refractivity contribution is 5.97. The Morgan fingerprint density at radius 2 is 1.72 bits per heavy atom. The molecule has 0 aliphatic carbocycles. The van der Waals surface area contributed by atoms with Gasteiger partial charge in [0, 0.05) is 66.0 Å². The number of para-hydroxylation sites is 1. The largest absolute Gasteiger partial charge is 0.378 e. The summed E-state index contributed by atoms with van der Waals surface area (Å²) in [4.78, 5) is 14.6. The maximum Gasteiger partial charge on any atom is 0.102 e. The zero-order valence-corrected chi connectivity index (χ0v) is 17.9. The molecular formula is C27H21N5. The predicted octanol–water partition coefficient (Wildman–Crippen LogP) is 5.90. The third-order valence-corrected chi connectivity index (χ3v) is 5.63. The zero-order chi connectivity index (χ0) is 22.1. The number of hydrogen-bond acceptors (Lipinski definition) is 4. The van der Waals surface area contributed by atoms with Gasteiger partial charge in [-0.2, -0.15) is 5.26 Å². The Morgan fingerprint density at radius 1 is 0.906 bits per heavy atom. The lowest BCUT2D eigenvalue weighted by Crippen LogP contribution is -2.08. The van der Waals surface area contributed by atoms with Crippen molar-refractivity contribution in [3.8, 4) is 39.7 Å². The van der Waals surface area contributed by atoms with Crippen molar-refractivity contribution in [3.05, 3.63) is 90.9 Å². The van der Waals surface area contributed by atoms with Gasteiger partial charge in [-0.3, -0.25) is 4.98 Å². The van der Waals surface area contributed by atoms with Crippen molar-refractivity contribution in [2.24, 2.45) is 0 Å². The number of rotatable bonds is 4. The minimum absolute atomic E-state index is 0.556. The summed E-state index contributed by atoms with van der Waals surface area (Å²) in [5, 5.41) is 11.3. The van der Waals surface area contributed by atoms with E-state index in [9.17, 15) is 5.26 Å². The van der Waals surface area contributed by atoms with E-state index in [1.54, 1.807) is 12.4 Å². The molecule has 0 aliphatic rings. The molecule has 1 N–H and O–H groups in total. The van der Waals surface area contributed by atoms with Gasteiger partial charge >= 0.3 is 0 Å². The van der Waals surface area contributed by atoms with Crippen LogP contribution in [0.5, 0.6) is 0 Å². The fourth-order valence-electron chi connectivity index (χ4n) is 3.95. The molecule has 3 heterocycles. The molecule has 0 aliphatic heterocycles. The summed E-state index contributed by atoms with van der Waals surface area (Å²) in [6.07, 6.45) is 5.47. The predicted molar refractivity (Wildman–Crippen MR) is 129 cm³/mol. The second kappa shape index (κ2) is 8.01. The monoisotopic (exact) mass is 415 g/mol. The SMILES string of the molecule is CN(C)c1ccc(-c2cc(-c3cccnc3)nc(-c3c[nH]c4ccccc34)c2C#N)cc1. The fraction of sp³-hybridized carbons (Fsp3) is 0.0741.